The number of aromatic amines is 1. The van der Waals surface area contributed by atoms with Crippen molar-refractivity contribution in [1.29, 1.82) is 0 Å². The maximum atomic E-state index is 13.1. The molecule has 0 fully saturated rings. The number of ether oxygens (including phenoxy) is 3. The second-order valence-electron chi connectivity index (χ2n) is 5.20. The zero-order valence-corrected chi connectivity index (χ0v) is 13.6. The minimum atomic E-state index is -3.69. The van der Waals surface area contributed by atoms with Crippen molar-refractivity contribution < 1.29 is 27.5 Å². The summed E-state index contributed by atoms with van der Waals surface area (Å²) in [6.45, 7) is 0. The third-order valence-electron chi connectivity index (χ3n) is 3.50. The number of aromatic nitrogens is 3. The Morgan fingerprint density at radius 2 is 2.00 bits per heavy atom. The SMILES string of the molecule is COc1ccnc(C[S+]([O-])c2nc3cc4c(cc3[nH]2)OC(F)(F)O4)c1.[NaH]. The molecule has 0 aliphatic carbocycles. The summed E-state index contributed by atoms with van der Waals surface area (Å²) in [7, 11) is 1.53. The minimum absolute atomic E-state index is 0. The van der Waals surface area contributed by atoms with Crippen molar-refractivity contribution in [3.05, 3.63) is 36.2 Å². The van der Waals surface area contributed by atoms with E-state index in [0.717, 1.165) is 0 Å². The molecule has 3 heterocycles. The van der Waals surface area contributed by atoms with Gasteiger partial charge in [0.2, 0.25) is 0 Å². The quantitative estimate of drug-likeness (QED) is 0.540. The number of nitrogens with one attached hydrogen (secondary N) is 1. The van der Waals surface area contributed by atoms with Crippen molar-refractivity contribution in [2.24, 2.45) is 0 Å². The molecule has 11 heteroatoms. The molecule has 0 radical (unpaired) electrons. The van der Waals surface area contributed by atoms with Crippen LogP contribution >= 0.6 is 0 Å². The van der Waals surface area contributed by atoms with Gasteiger partial charge in [0.05, 0.1) is 23.8 Å². The number of benzene rings is 1. The average Bonchev–Trinajstić information content (AvgIpc) is 3.10. The molecule has 0 bridgehead atoms. The van der Waals surface area contributed by atoms with E-state index in [2.05, 4.69) is 24.4 Å². The number of H-pyrrole nitrogens is 1. The molecule has 7 nitrogen and oxygen atoms in total. The molecule has 0 saturated heterocycles. The third kappa shape index (κ3) is 3.74. The second-order valence-corrected chi connectivity index (χ2v) is 6.57. The summed E-state index contributed by atoms with van der Waals surface area (Å²) >= 11 is -1.50. The van der Waals surface area contributed by atoms with Crippen molar-refractivity contribution in [3.8, 4) is 17.2 Å². The molecule has 0 amide bonds. The van der Waals surface area contributed by atoms with Gasteiger partial charge in [-0.2, -0.15) is 4.98 Å². The molecule has 2 aromatic heterocycles. The zero-order valence-electron chi connectivity index (χ0n) is 12.8. The third-order valence-corrected chi connectivity index (χ3v) is 4.68. The summed E-state index contributed by atoms with van der Waals surface area (Å²) in [6, 6.07) is 6.01. The fourth-order valence-corrected chi connectivity index (χ4v) is 3.39. The number of fused-ring (bicyclic) bond motifs is 2. The summed E-state index contributed by atoms with van der Waals surface area (Å²) in [4.78, 5) is 11.2. The van der Waals surface area contributed by atoms with Crippen molar-refractivity contribution >= 4 is 51.8 Å². The van der Waals surface area contributed by atoms with Crippen LogP contribution in [0.4, 0.5) is 8.78 Å². The molecule has 3 aromatic rings. The van der Waals surface area contributed by atoms with Gasteiger partial charge in [0.25, 0.3) is 0 Å². The van der Waals surface area contributed by atoms with Gasteiger partial charge in [-0.05, 0) is 6.07 Å². The van der Waals surface area contributed by atoms with Gasteiger partial charge < -0.3 is 18.8 Å². The van der Waals surface area contributed by atoms with Crippen molar-refractivity contribution in [1.82, 2.24) is 15.0 Å². The van der Waals surface area contributed by atoms with Gasteiger partial charge in [-0.3, -0.25) is 9.97 Å². The second kappa shape index (κ2) is 7.20. The fourth-order valence-electron chi connectivity index (χ4n) is 2.40. The standard InChI is InChI=1S/C15H11F2N3O4S.Na.H/c1-22-9-2-3-18-8(4-9)7-25(21)14-19-10-5-12-13(6-11(10)20-14)24-15(16,17)23-12;;/h2-6H,7H2,1H3,(H,19,20);;. The predicted molar refractivity (Wildman–Crippen MR) is 90.3 cm³/mol. The molecule has 1 aromatic carbocycles. The number of hydrogen-bond donors (Lipinski definition) is 1. The van der Waals surface area contributed by atoms with E-state index in [1.54, 1.807) is 18.3 Å². The number of imidazole rings is 1. The van der Waals surface area contributed by atoms with Gasteiger partial charge in [-0.15, -0.1) is 8.78 Å². The first-order chi connectivity index (χ1) is 11.9. The molecule has 1 unspecified atom stereocenters. The molecule has 26 heavy (non-hydrogen) atoms. The Morgan fingerprint density at radius 3 is 2.73 bits per heavy atom. The number of methoxy groups -OCH3 is 1. The van der Waals surface area contributed by atoms with Crippen LogP contribution in [0.25, 0.3) is 11.0 Å². The Hall–Kier alpha value is -1.59. The monoisotopic (exact) mass is 391 g/mol. The molecular formula is C15H12F2N3NaO4S. The van der Waals surface area contributed by atoms with Crippen LogP contribution in [0, 0.1) is 0 Å². The van der Waals surface area contributed by atoms with Gasteiger partial charge >= 0.3 is 41.0 Å². The Kier molecular flexibility index (Phi) is 5.31. The van der Waals surface area contributed by atoms with Crippen molar-refractivity contribution in [2.75, 3.05) is 7.11 Å². The molecular weight excluding hydrogens is 379 g/mol. The molecule has 0 spiro atoms. The van der Waals surface area contributed by atoms with E-state index in [4.69, 9.17) is 4.74 Å². The molecule has 132 valence electrons. The number of halogens is 2. The predicted octanol–water partition coefficient (Wildman–Crippen LogP) is 1.95. The van der Waals surface area contributed by atoms with Crippen LogP contribution in [0.2, 0.25) is 0 Å². The average molecular weight is 391 g/mol. The van der Waals surface area contributed by atoms with Gasteiger partial charge in [-0.1, -0.05) is 0 Å². The molecule has 1 aliphatic heterocycles. The number of pyridine rings is 1. The summed E-state index contributed by atoms with van der Waals surface area (Å²) in [5.41, 5.74) is 1.34. The number of rotatable bonds is 4. The van der Waals surface area contributed by atoms with Gasteiger partial charge in [-0.25, -0.2) is 0 Å². The van der Waals surface area contributed by atoms with E-state index in [1.165, 1.54) is 19.2 Å². The van der Waals surface area contributed by atoms with Crippen LogP contribution in [0.1, 0.15) is 5.69 Å². The number of nitrogens with zero attached hydrogens (tertiary/aromatic N) is 2. The first-order valence-electron chi connectivity index (χ1n) is 7.10. The molecule has 1 aliphatic rings. The fraction of sp³-hybridized carbons (Fsp3) is 0.200. The van der Waals surface area contributed by atoms with Crippen LogP contribution in [0.15, 0.2) is 35.6 Å². The number of hydrogen-bond acceptors (Lipinski definition) is 6. The summed E-state index contributed by atoms with van der Waals surface area (Å²) in [5.74, 6) is 0.518. The Labute approximate surface area is 171 Å². The van der Waals surface area contributed by atoms with E-state index in [9.17, 15) is 13.3 Å². The van der Waals surface area contributed by atoms with Crippen molar-refractivity contribution in [3.63, 3.8) is 0 Å². The van der Waals surface area contributed by atoms with E-state index >= 15 is 0 Å². The van der Waals surface area contributed by atoms with E-state index in [1.807, 2.05) is 0 Å². The van der Waals surface area contributed by atoms with E-state index < -0.39 is 17.5 Å². The van der Waals surface area contributed by atoms with Crippen LogP contribution in [0.5, 0.6) is 17.2 Å². The topological polar surface area (TPSA) is 92.3 Å². The summed E-state index contributed by atoms with van der Waals surface area (Å²) in [5, 5.41) is 0.204. The van der Waals surface area contributed by atoms with Crippen LogP contribution < -0.4 is 14.2 Å². The first-order valence-corrected chi connectivity index (χ1v) is 8.42. The summed E-state index contributed by atoms with van der Waals surface area (Å²) < 4.78 is 52.5. The maximum absolute atomic E-state index is 13.1. The van der Waals surface area contributed by atoms with Crippen LogP contribution in [-0.4, -0.2) is 62.5 Å². The van der Waals surface area contributed by atoms with Crippen LogP contribution in [-0.2, 0) is 16.9 Å². The van der Waals surface area contributed by atoms with Crippen molar-refractivity contribution in [2.45, 2.75) is 17.2 Å². The van der Waals surface area contributed by atoms with E-state index in [-0.39, 0.29) is 52.0 Å². The Morgan fingerprint density at radius 1 is 1.27 bits per heavy atom. The normalized spacial score (nSPS) is 15.5. The first kappa shape index (κ1) is 19.2. The Bertz CT molecular complexity index is 911. The molecule has 0 saturated carbocycles. The van der Waals surface area contributed by atoms with Gasteiger partial charge in [0.1, 0.15) is 5.75 Å². The molecule has 4 rings (SSSR count). The van der Waals surface area contributed by atoms with E-state index in [0.29, 0.717) is 22.5 Å². The van der Waals surface area contributed by atoms with Crippen LogP contribution in [0.3, 0.4) is 0 Å². The van der Waals surface area contributed by atoms with Gasteiger partial charge in [0, 0.05) is 35.6 Å². The number of alkyl halides is 2. The zero-order chi connectivity index (χ0) is 17.6. The molecule has 1 atom stereocenters. The summed E-state index contributed by atoms with van der Waals surface area (Å²) in [6.07, 6.45) is -2.13. The molecule has 1 N–H and O–H groups in total. The Balaban J connectivity index is 0.00000196. The van der Waals surface area contributed by atoms with Gasteiger partial charge in [0.15, 0.2) is 17.3 Å².